The first kappa shape index (κ1) is 12.0. The van der Waals surface area contributed by atoms with Crippen LogP contribution in [-0.2, 0) is 0 Å². The van der Waals surface area contributed by atoms with Gasteiger partial charge in [0.15, 0.2) is 0 Å². The van der Waals surface area contributed by atoms with Crippen molar-refractivity contribution in [3.05, 3.63) is 29.8 Å². The molecule has 0 radical (unpaired) electrons. The smallest absolute Gasteiger partial charge is 0.124 e. The van der Waals surface area contributed by atoms with Gasteiger partial charge in [-0.2, -0.15) is 0 Å². The number of hydrogen-bond acceptors (Lipinski definition) is 3. The molecule has 0 aliphatic heterocycles. The molecule has 1 aromatic carbocycles. The molecule has 84 valence electrons. The Labute approximate surface area is 91.3 Å². The van der Waals surface area contributed by atoms with Crippen LogP contribution in [0.15, 0.2) is 24.3 Å². The average Bonchev–Trinajstić information content (AvgIpc) is 2.21. The van der Waals surface area contributed by atoms with Crippen molar-refractivity contribution in [2.75, 3.05) is 27.3 Å². The fourth-order valence-corrected chi connectivity index (χ4v) is 1.58. The van der Waals surface area contributed by atoms with Crippen LogP contribution < -0.4 is 4.74 Å². The van der Waals surface area contributed by atoms with E-state index in [-0.39, 0.29) is 12.6 Å². The highest BCUT2D eigenvalue weighted by molar-refractivity contribution is 5.36. The van der Waals surface area contributed by atoms with E-state index in [0.717, 1.165) is 11.3 Å². The second-order valence-electron chi connectivity index (χ2n) is 3.63. The van der Waals surface area contributed by atoms with Crippen molar-refractivity contribution in [3.63, 3.8) is 0 Å². The van der Waals surface area contributed by atoms with Gasteiger partial charge in [0.2, 0.25) is 0 Å². The van der Waals surface area contributed by atoms with Gasteiger partial charge in [-0.3, -0.25) is 0 Å². The lowest BCUT2D eigenvalue weighted by molar-refractivity contribution is 0.167. The van der Waals surface area contributed by atoms with E-state index in [1.807, 2.05) is 50.2 Å². The van der Waals surface area contributed by atoms with Gasteiger partial charge in [-0.15, -0.1) is 0 Å². The Kier molecular flexibility index (Phi) is 4.59. The van der Waals surface area contributed by atoms with E-state index in [4.69, 9.17) is 4.74 Å². The summed E-state index contributed by atoms with van der Waals surface area (Å²) in [5, 5.41) is 9.35. The van der Waals surface area contributed by atoms with Crippen LogP contribution in [0.3, 0.4) is 0 Å². The van der Waals surface area contributed by atoms with Gasteiger partial charge >= 0.3 is 0 Å². The van der Waals surface area contributed by atoms with Gasteiger partial charge in [-0.05, 0) is 27.1 Å². The molecule has 15 heavy (non-hydrogen) atoms. The molecule has 0 bridgehead atoms. The van der Waals surface area contributed by atoms with Crippen molar-refractivity contribution in [2.24, 2.45) is 0 Å². The van der Waals surface area contributed by atoms with Crippen LogP contribution in [0, 0.1) is 0 Å². The molecule has 0 saturated heterocycles. The van der Waals surface area contributed by atoms with E-state index in [9.17, 15) is 5.11 Å². The summed E-state index contributed by atoms with van der Waals surface area (Å²) in [7, 11) is 3.90. The molecule has 0 spiro atoms. The van der Waals surface area contributed by atoms with E-state index < -0.39 is 0 Å². The van der Waals surface area contributed by atoms with Gasteiger partial charge in [-0.1, -0.05) is 18.2 Å². The van der Waals surface area contributed by atoms with Gasteiger partial charge in [0.25, 0.3) is 0 Å². The Morgan fingerprint density at radius 2 is 2.00 bits per heavy atom. The third-order valence-corrected chi connectivity index (χ3v) is 2.37. The quantitative estimate of drug-likeness (QED) is 0.801. The number of aliphatic hydroxyl groups excluding tert-OH is 1. The summed E-state index contributed by atoms with van der Waals surface area (Å²) in [6.07, 6.45) is 0. The fourth-order valence-electron chi connectivity index (χ4n) is 1.58. The van der Waals surface area contributed by atoms with Crippen molar-refractivity contribution < 1.29 is 9.84 Å². The maximum Gasteiger partial charge on any atom is 0.124 e. The second-order valence-corrected chi connectivity index (χ2v) is 3.63. The molecular formula is C12H19NO2. The first-order valence-electron chi connectivity index (χ1n) is 5.19. The Morgan fingerprint density at radius 3 is 2.53 bits per heavy atom. The molecule has 0 amide bonds. The zero-order chi connectivity index (χ0) is 11.3. The third-order valence-electron chi connectivity index (χ3n) is 2.37. The van der Waals surface area contributed by atoms with Gasteiger partial charge in [0.05, 0.1) is 19.3 Å². The third kappa shape index (κ3) is 2.94. The SMILES string of the molecule is CCOc1ccccc1C(CO)N(C)C. The first-order valence-corrected chi connectivity index (χ1v) is 5.19. The molecule has 1 rings (SSSR count). The number of hydrogen-bond donors (Lipinski definition) is 1. The van der Waals surface area contributed by atoms with Gasteiger partial charge in [-0.25, -0.2) is 0 Å². The largest absolute Gasteiger partial charge is 0.494 e. The monoisotopic (exact) mass is 209 g/mol. The molecule has 0 aliphatic rings. The maximum atomic E-state index is 9.35. The molecule has 3 heteroatoms. The van der Waals surface area contributed by atoms with Crippen molar-refractivity contribution >= 4 is 0 Å². The lowest BCUT2D eigenvalue weighted by atomic mass is 10.1. The number of aliphatic hydroxyl groups is 1. The van der Waals surface area contributed by atoms with Gasteiger partial charge < -0.3 is 14.7 Å². The van der Waals surface area contributed by atoms with Gasteiger partial charge in [0, 0.05) is 5.56 Å². The summed E-state index contributed by atoms with van der Waals surface area (Å²) in [5.74, 6) is 0.854. The number of ether oxygens (including phenoxy) is 1. The van der Waals surface area contributed by atoms with E-state index in [0.29, 0.717) is 6.61 Å². The van der Waals surface area contributed by atoms with Crippen molar-refractivity contribution in [3.8, 4) is 5.75 Å². The second kappa shape index (κ2) is 5.73. The summed E-state index contributed by atoms with van der Waals surface area (Å²) in [6, 6.07) is 7.83. The van der Waals surface area contributed by atoms with E-state index in [1.165, 1.54) is 0 Å². The first-order chi connectivity index (χ1) is 7.20. The van der Waals surface area contributed by atoms with Crippen LogP contribution in [0.2, 0.25) is 0 Å². The molecule has 1 unspecified atom stereocenters. The lowest BCUT2D eigenvalue weighted by Crippen LogP contribution is -2.23. The predicted octanol–water partition coefficient (Wildman–Crippen LogP) is 1.68. The maximum absolute atomic E-state index is 9.35. The average molecular weight is 209 g/mol. The Morgan fingerprint density at radius 1 is 1.33 bits per heavy atom. The van der Waals surface area contributed by atoms with Crippen LogP contribution in [0.1, 0.15) is 18.5 Å². The number of para-hydroxylation sites is 1. The minimum Gasteiger partial charge on any atom is -0.494 e. The number of benzene rings is 1. The summed E-state index contributed by atoms with van der Waals surface area (Å²) >= 11 is 0. The van der Waals surface area contributed by atoms with Crippen molar-refractivity contribution in [2.45, 2.75) is 13.0 Å². The number of rotatable bonds is 5. The topological polar surface area (TPSA) is 32.7 Å². The van der Waals surface area contributed by atoms with Crippen molar-refractivity contribution in [1.82, 2.24) is 4.90 Å². The predicted molar refractivity (Wildman–Crippen MR) is 61.1 cm³/mol. The molecule has 1 atom stereocenters. The minimum atomic E-state index is -0.00671. The molecule has 1 aromatic rings. The fraction of sp³-hybridized carbons (Fsp3) is 0.500. The summed E-state index contributed by atoms with van der Waals surface area (Å²) in [4.78, 5) is 1.98. The normalized spacial score (nSPS) is 12.9. The summed E-state index contributed by atoms with van der Waals surface area (Å²) in [6.45, 7) is 2.69. The van der Waals surface area contributed by atoms with Crippen molar-refractivity contribution in [1.29, 1.82) is 0 Å². The van der Waals surface area contributed by atoms with E-state index in [2.05, 4.69) is 0 Å². The standard InChI is InChI=1S/C12H19NO2/c1-4-15-12-8-6-5-7-10(12)11(9-14)13(2)3/h5-8,11,14H,4,9H2,1-3H3. The molecule has 0 saturated carbocycles. The lowest BCUT2D eigenvalue weighted by Gasteiger charge is -2.24. The molecule has 1 N–H and O–H groups in total. The number of nitrogens with zero attached hydrogens (tertiary/aromatic N) is 1. The zero-order valence-corrected chi connectivity index (χ0v) is 9.60. The molecular weight excluding hydrogens is 190 g/mol. The number of likely N-dealkylation sites (N-methyl/N-ethyl adjacent to an activating group) is 1. The molecule has 3 nitrogen and oxygen atoms in total. The van der Waals surface area contributed by atoms with E-state index >= 15 is 0 Å². The Bertz CT molecular complexity index is 299. The Hall–Kier alpha value is -1.06. The van der Waals surface area contributed by atoms with E-state index in [1.54, 1.807) is 0 Å². The highest BCUT2D eigenvalue weighted by Gasteiger charge is 2.16. The van der Waals surface area contributed by atoms with Crippen LogP contribution in [0.25, 0.3) is 0 Å². The zero-order valence-electron chi connectivity index (χ0n) is 9.60. The molecule has 0 aromatic heterocycles. The molecule has 0 aliphatic carbocycles. The summed E-state index contributed by atoms with van der Waals surface area (Å²) in [5.41, 5.74) is 1.03. The molecule has 0 fully saturated rings. The van der Waals surface area contributed by atoms with Crippen LogP contribution in [0.5, 0.6) is 5.75 Å². The highest BCUT2D eigenvalue weighted by atomic mass is 16.5. The minimum absolute atomic E-state index is 0.00671. The Balaban J connectivity index is 2.99. The van der Waals surface area contributed by atoms with Crippen LogP contribution >= 0.6 is 0 Å². The van der Waals surface area contributed by atoms with Crippen LogP contribution in [-0.4, -0.2) is 37.3 Å². The van der Waals surface area contributed by atoms with Crippen LogP contribution in [0.4, 0.5) is 0 Å². The molecule has 0 heterocycles. The van der Waals surface area contributed by atoms with Gasteiger partial charge in [0.1, 0.15) is 5.75 Å². The summed E-state index contributed by atoms with van der Waals surface area (Å²) < 4.78 is 5.53. The highest BCUT2D eigenvalue weighted by Crippen LogP contribution is 2.27.